The molecule has 1 fully saturated rings. The van der Waals surface area contributed by atoms with Crippen LogP contribution in [0.25, 0.3) is 11.1 Å². The minimum atomic E-state index is -1.16. The average Bonchev–Trinajstić information content (AvgIpc) is 3.41. The first-order valence-electron chi connectivity index (χ1n) is 11.8. The molecule has 0 heterocycles. The van der Waals surface area contributed by atoms with Crippen molar-refractivity contribution < 1.29 is 24.2 Å². The normalized spacial score (nSPS) is 16.4. The number of nitrogens with zero attached hydrogens (tertiary/aromatic N) is 1. The number of carbonyl (C=O) groups excluding carboxylic acids is 2. The van der Waals surface area contributed by atoms with Crippen molar-refractivity contribution in [2.75, 3.05) is 13.7 Å². The van der Waals surface area contributed by atoms with E-state index in [4.69, 9.17) is 4.74 Å². The molecule has 7 nitrogen and oxygen atoms in total. The predicted octanol–water partition coefficient (Wildman–Crippen LogP) is 4.55. The van der Waals surface area contributed by atoms with Crippen LogP contribution in [0.2, 0.25) is 0 Å². The second-order valence-electron chi connectivity index (χ2n) is 10.0. The van der Waals surface area contributed by atoms with Crippen LogP contribution in [0, 0.1) is 0 Å². The smallest absolute Gasteiger partial charge is 0.407 e. The molecule has 2 aromatic carbocycles. The molecule has 0 aliphatic heterocycles. The Kier molecular flexibility index (Phi) is 6.39. The van der Waals surface area contributed by atoms with Gasteiger partial charge in [0.25, 0.3) is 0 Å². The largest absolute Gasteiger partial charge is 0.479 e. The van der Waals surface area contributed by atoms with E-state index in [1.54, 1.807) is 20.9 Å². The highest BCUT2D eigenvalue weighted by molar-refractivity contribution is 5.88. The molecule has 0 spiro atoms. The van der Waals surface area contributed by atoms with Crippen LogP contribution in [0.4, 0.5) is 4.79 Å². The third kappa shape index (κ3) is 4.39. The van der Waals surface area contributed by atoms with E-state index in [0.29, 0.717) is 12.8 Å². The van der Waals surface area contributed by atoms with Gasteiger partial charge >= 0.3 is 12.1 Å². The Morgan fingerprint density at radius 1 is 1.03 bits per heavy atom. The van der Waals surface area contributed by atoms with Crippen LogP contribution in [-0.2, 0) is 14.3 Å². The minimum absolute atomic E-state index is 0.0251. The summed E-state index contributed by atoms with van der Waals surface area (Å²) in [6.07, 6.45) is 1.84. The molecule has 4 rings (SSSR count). The molecule has 7 heteroatoms. The summed E-state index contributed by atoms with van der Waals surface area (Å²) in [6.45, 7) is 3.66. The Labute approximate surface area is 200 Å². The molecule has 0 unspecified atom stereocenters. The summed E-state index contributed by atoms with van der Waals surface area (Å²) in [5.74, 6) is -1.33. The van der Waals surface area contributed by atoms with Gasteiger partial charge in [-0.3, -0.25) is 4.79 Å². The molecule has 0 aromatic heterocycles. The molecule has 180 valence electrons. The van der Waals surface area contributed by atoms with Gasteiger partial charge in [-0.1, -0.05) is 61.4 Å². The zero-order valence-electron chi connectivity index (χ0n) is 20.0. The number of hydrogen-bond acceptors (Lipinski definition) is 4. The lowest BCUT2D eigenvalue weighted by molar-refractivity contribution is -0.158. The van der Waals surface area contributed by atoms with Gasteiger partial charge in [0.2, 0.25) is 5.91 Å². The highest BCUT2D eigenvalue weighted by Gasteiger charge is 2.47. The van der Waals surface area contributed by atoms with Crippen LogP contribution >= 0.6 is 0 Å². The molecular formula is C27H32N2O5. The fourth-order valence-electron chi connectivity index (χ4n) is 5.34. The quantitative estimate of drug-likeness (QED) is 0.627. The number of nitrogens with one attached hydrogen (secondary N) is 1. The van der Waals surface area contributed by atoms with Gasteiger partial charge in [-0.05, 0) is 48.9 Å². The second-order valence-corrected chi connectivity index (χ2v) is 10.0. The number of hydrogen-bond donors (Lipinski definition) is 2. The molecule has 0 saturated heterocycles. The van der Waals surface area contributed by atoms with E-state index >= 15 is 0 Å². The van der Waals surface area contributed by atoms with E-state index < -0.39 is 23.1 Å². The van der Waals surface area contributed by atoms with Crippen molar-refractivity contribution in [1.82, 2.24) is 10.2 Å². The monoisotopic (exact) mass is 464 g/mol. The van der Waals surface area contributed by atoms with Crippen molar-refractivity contribution >= 4 is 18.0 Å². The molecule has 0 bridgehead atoms. The number of rotatable bonds is 7. The molecule has 0 radical (unpaired) electrons. The fourth-order valence-corrected chi connectivity index (χ4v) is 5.34. The number of likely N-dealkylation sites (N-methyl/N-ethyl adjacent to an activating group) is 1. The maximum atomic E-state index is 12.9. The fraction of sp³-hybridized carbons (Fsp3) is 0.444. The zero-order chi connectivity index (χ0) is 24.5. The number of ether oxygens (including phenoxy) is 1. The lowest BCUT2D eigenvalue weighted by Crippen LogP contribution is -2.56. The number of carbonyl (C=O) groups is 3. The van der Waals surface area contributed by atoms with Crippen LogP contribution < -0.4 is 5.32 Å². The maximum absolute atomic E-state index is 12.9. The molecule has 34 heavy (non-hydrogen) atoms. The van der Waals surface area contributed by atoms with Crippen LogP contribution in [0.1, 0.15) is 63.0 Å². The summed E-state index contributed by atoms with van der Waals surface area (Å²) in [6, 6.07) is 16.2. The number of carboxylic acid groups (broad SMARTS) is 1. The lowest BCUT2D eigenvalue weighted by atomic mass is 9.93. The number of amides is 2. The summed E-state index contributed by atoms with van der Waals surface area (Å²) in [7, 11) is 1.55. The summed E-state index contributed by atoms with van der Waals surface area (Å²) in [4.78, 5) is 38.9. The van der Waals surface area contributed by atoms with Crippen LogP contribution in [0.3, 0.4) is 0 Å². The molecule has 0 atom stereocenters. The van der Waals surface area contributed by atoms with Crippen LogP contribution in [0.5, 0.6) is 0 Å². The predicted molar refractivity (Wildman–Crippen MR) is 129 cm³/mol. The van der Waals surface area contributed by atoms with Crippen molar-refractivity contribution in [1.29, 1.82) is 0 Å². The molecule has 2 N–H and O–H groups in total. The molecular weight excluding hydrogens is 432 g/mol. The minimum Gasteiger partial charge on any atom is -0.479 e. The molecule has 2 aliphatic rings. The Bertz CT molecular complexity index is 1060. The number of benzene rings is 2. The number of aliphatic carboxylic acids is 1. The van der Waals surface area contributed by atoms with Crippen LogP contribution in [0.15, 0.2) is 48.5 Å². The number of carboxylic acids is 1. The van der Waals surface area contributed by atoms with Crippen molar-refractivity contribution in [3.05, 3.63) is 59.7 Å². The topological polar surface area (TPSA) is 95.9 Å². The Hall–Kier alpha value is -3.35. The van der Waals surface area contributed by atoms with Gasteiger partial charge in [-0.25, -0.2) is 9.59 Å². The van der Waals surface area contributed by atoms with Gasteiger partial charge in [0, 0.05) is 24.9 Å². The maximum Gasteiger partial charge on any atom is 0.407 e. The average molecular weight is 465 g/mol. The third-order valence-electron chi connectivity index (χ3n) is 7.22. The van der Waals surface area contributed by atoms with Gasteiger partial charge < -0.3 is 20.1 Å². The first-order valence-corrected chi connectivity index (χ1v) is 11.8. The summed E-state index contributed by atoms with van der Waals surface area (Å²) in [5, 5.41) is 12.5. The summed E-state index contributed by atoms with van der Waals surface area (Å²) >= 11 is 0. The summed E-state index contributed by atoms with van der Waals surface area (Å²) in [5.41, 5.74) is 2.51. The Morgan fingerprint density at radius 2 is 1.56 bits per heavy atom. The molecule has 1 saturated carbocycles. The lowest BCUT2D eigenvalue weighted by Gasteiger charge is -2.37. The number of fused-ring (bicyclic) bond motifs is 3. The van der Waals surface area contributed by atoms with Gasteiger partial charge in [0.15, 0.2) is 0 Å². The van der Waals surface area contributed by atoms with Gasteiger partial charge in [0.05, 0.1) is 0 Å². The van der Waals surface area contributed by atoms with Gasteiger partial charge in [-0.2, -0.15) is 0 Å². The first-order chi connectivity index (χ1) is 16.1. The van der Waals surface area contributed by atoms with Crippen molar-refractivity contribution in [3.63, 3.8) is 0 Å². The van der Waals surface area contributed by atoms with E-state index in [1.165, 1.54) is 4.90 Å². The van der Waals surface area contributed by atoms with Crippen molar-refractivity contribution in [2.45, 2.75) is 62.9 Å². The molecule has 2 aromatic rings. The van der Waals surface area contributed by atoms with E-state index in [9.17, 15) is 19.5 Å². The zero-order valence-corrected chi connectivity index (χ0v) is 20.0. The van der Waals surface area contributed by atoms with Crippen molar-refractivity contribution in [2.24, 2.45) is 0 Å². The van der Waals surface area contributed by atoms with E-state index in [2.05, 4.69) is 29.6 Å². The highest BCUT2D eigenvalue weighted by Crippen LogP contribution is 2.44. The van der Waals surface area contributed by atoms with Gasteiger partial charge in [-0.15, -0.1) is 0 Å². The molecule has 2 aliphatic carbocycles. The number of alkyl carbamates (subject to hydrolysis) is 1. The van der Waals surface area contributed by atoms with Gasteiger partial charge in [0.1, 0.15) is 12.1 Å². The first kappa shape index (κ1) is 23.8. The SMILES string of the molecule is CN(C(=O)CC(C)(C)NC(=O)OCC1c2ccccc2-c2ccccc21)C1(C(=O)O)CCCC1. The van der Waals surface area contributed by atoms with E-state index in [1.807, 2.05) is 24.3 Å². The van der Waals surface area contributed by atoms with Crippen LogP contribution in [-0.4, -0.2) is 52.7 Å². The second kappa shape index (κ2) is 9.12. The third-order valence-corrected chi connectivity index (χ3v) is 7.22. The van der Waals surface area contributed by atoms with E-state index in [0.717, 1.165) is 35.1 Å². The Balaban J connectivity index is 1.37. The molecule has 2 amide bonds. The van der Waals surface area contributed by atoms with Crippen molar-refractivity contribution in [3.8, 4) is 11.1 Å². The van der Waals surface area contributed by atoms with E-state index in [-0.39, 0.29) is 24.9 Å². The Morgan fingerprint density at radius 3 is 2.09 bits per heavy atom. The highest BCUT2D eigenvalue weighted by atomic mass is 16.5. The summed E-state index contributed by atoms with van der Waals surface area (Å²) < 4.78 is 5.61. The standard InChI is InChI=1S/C27H32N2O5/c1-26(2,16-23(30)29(3)27(24(31)32)14-8-9-15-27)28-25(33)34-17-22-20-12-6-4-10-18(20)19-11-5-7-13-21(19)22/h4-7,10-13,22H,8-9,14-17H2,1-3H3,(H,28,33)(H,31,32).